The lowest BCUT2D eigenvalue weighted by Crippen LogP contribution is -2.57. The largest absolute Gasteiger partial charge is 0.396 e. The molecule has 3 heterocycles. The van der Waals surface area contributed by atoms with Gasteiger partial charge in [-0.15, -0.1) is 24.9 Å². The molecule has 2 bridgehead atoms. The van der Waals surface area contributed by atoms with Crippen LogP contribution in [-0.2, 0) is 14.4 Å². The summed E-state index contributed by atoms with van der Waals surface area (Å²) < 4.78 is -0.926. The molecule has 0 aromatic rings. The van der Waals surface area contributed by atoms with E-state index in [9.17, 15) is 14.4 Å². The smallest absolute Gasteiger partial charge is 0.247 e. The maximum absolute atomic E-state index is 14.6. The third-order valence-electron chi connectivity index (χ3n) is 9.49. The predicted molar refractivity (Wildman–Crippen MR) is 153 cm³/mol. The number of hydrogen-bond donors (Lipinski definition) is 1. The number of aliphatic hydroxyl groups is 1. The number of nitrogens with zero attached hydrogens (tertiary/aromatic N) is 3. The Morgan fingerprint density at radius 1 is 1.05 bits per heavy atom. The molecule has 5 atom stereocenters. The summed E-state index contributed by atoms with van der Waals surface area (Å²) in [6.07, 6.45) is 13.9. The Hall–Kier alpha value is -1.80. The van der Waals surface area contributed by atoms with Gasteiger partial charge in [-0.25, -0.2) is 0 Å². The number of likely N-dealkylation sites (N-methyl/N-ethyl adjacent to an activating group) is 1. The van der Waals surface area contributed by atoms with E-state index in [4.69, 9.17) is 5.11 Å². The van der Waals surface area contributed by atoms with Gasteiger partial charge >= 0.3 is 0 Å². The van der Waals surface area contributed by atoms with Crippen LogP contribution in [0.4, 0.5) is 0 Å². The fourth-order valence-electron chi connectivity index (χ4n) is 7.70. The van der Waals surface area contributed by atoms with Crippen LogP contribution in [0.5, 0.6) is 0 Å². The zero-order valence-electron chi connectivity index (χ0n) is 23.4. The third kappa shape index (κ3) is 5.07. The second kappa shape index (κ2) is 12.2. The molecule has 3 saturated heterocycles. The van der Waals surface area contributed by atoms with Crippen LogP contribution in [0.2, 0.25) is 0 Å². The molecule has 4 rings (SSSR count). The quantitative estimate of drug-likeness (QED) is 0.279. The van der Waals surface area contributed by atoms with Crippen LogP contribution in [-0.4, -0.2) is 92.4 Å². The SMILES string of the molecule is C=CCN(C)C(=O)[C@H]1[C@H]2C(=O)N(CCCCCCO)C(C(=O)N(CC=C)C3CCCCC3)C23CC[C@]1(C)S3. The van der Waals surface area contributed by atoms with E-state index in [2.05, 4.69) is 20.1 Å². The number of fused-ring (bicyclic) bond motifs is 1. The summed E-state index contributed by atoms with van der Waals surface area (Å²) in [5.74, 6) is -0.891. The van der Waals surface area contributed by atoms with E-state index >= 15 is 0 Å². The van der Waals surface area contributed by atoms with Gasteiger partial charge in [0.15, 0.2) is 0 Å². The van der Waals surface area contributed by atoms with Gasteiger partial charge in [-0.05, 0) is 45.4 Å². The predicted octanol–water partition coefficient (Wildman–Crippen LogP) is 4.01. The summed E-state index contributed by atoms with van der Waals surface area (Å²) >= 11 is 1.75. The van der Waals surface area contributed by atoms with E-state index in [1.807, 2.05) is 15.9 Å². The zero-order chi connectivity index (χ0) is 27.5. The monoisotopic (exact) mass is 545 g/mol. The fraction of sp³-hybridized carbons (Fsp3) is 0.767. The van der Waals surface area contributed by atoms with Crippen LogP contribution in [0.25, 0.3) is 0 Å². The van der Waals surface area contributed by atoms with Crippen LogP contribution in [0.15, 0.2) is 25.3 Å². The Bertz CT molecular complexity index is 921. The molecule has 3 aliphatic heterocycles. The van der Waals surface area contributed by atoms with Gasteiger partial charge in [0.2, 0.25) is 17.7 Å². The van der Waals surface area contributed by atoms with E-state index in [1.165, 1.54) is 6.42 Å². The lowest BCUT2D eigenvalue weighted by atomic mass is 9.66. The lowest BCUT2D eigenvalue weighted by Gasteiger charge is -2.41. The molecule has 3 amide bonds. The van der Waals surface area contributed by atoms with Crippen LogP contribution in [0.1, 0.15) is 77.6 Å². The Morgan fingerprint density at radius 3 is 2.39 bits per heavy atom. The summed E-state index contributed by atoms with van der Waals surface area (Å²) in [7, 11) is 1.78. The van der Waals surface area contributed by atoms with Crippen molar-refractivity contribution in [2.45, 2.75) is 99.1 Å². The van der Waals surface area contributed by atoms with Crippen molar-refractivity contribution in [3.8, 4) is 0 Å². The first-order valence-electron chi connectivity index (χ1n) is 14.6. The number of carbonyl (C=O) groups is 3. The number of likely N-dealkylation sites (tertiary alicyclic amines) is 1. The van der Waals surface area contributed by atoms with Crippen LogP contribution < -0.4 is 0 Å². The average molecular weight is 546 g/mol. The van der Waals surface area contributed by atoms with Gasteiger partial charge < -0.3 is 19.8 Å². The molecule has 1 spiro atoms. The lowest BCUT2D eigenvalue weighted by molar-refractivity contribution is -0.145. The molecule has 0 radical (unpaired) electrons. The molecular weight excluding hydrogens is 498 g/mol. The molecule has 38 heavy (non-hydrogen) atoms. The molecule has 1 N–H and O–H groups in total. The van der Waals surface area contributed by atoms with Crippen LogP contribution in [0.3, 0.4) is 0 Å². The average Bonchev–Trinajstić information content (AvgIpc) is 3.47. The summed E-state index contributed by atoms with van der Waals surface area (Å²) in [6.45, 7) is 11.5. The zero-order valence-corrected chi connectivity index (χ0v) is 24.2. The minimum absolute atomic E-state index is 0.00829. The minimum atomic E-state index is -0.572. The first-order chi connectivity index (χ1) is 18.3. The van der Waals surface area contributed by atoms with Crippen molar-refractivity contribution in [3.63, 3.8) is 0 Å². The van der Waals surface area contributed by atoms with Gasteiger partial charge in [-0.2, -0.15) is 0 Å². The van der Waals surface area contributed by atoms with Crippen molar-refractivity contribution in [1.82, 2.24) is 14.7 Å². The summed E-state index contributed by atoms with van der Waals surface area (Å²) in [5, 5.41) is 9.17. The van der Waals surface area contributed by atoms with E-state index < -0.39 is 22.6 Å². The van der Waals surface area contributed by atoms with E-state index in [0.29, 0.717) is 19.6 Å². The van der Waals surface area contributed by atoms with Gasteiger partial charge in [0.1, 0.15) is 6.04 Å². The molecule has 212 valence electrons. The summed E-state index contributed by atoms with van der Waals surface area (Å²) in [4.78, 5) is 48.2. The highest BCUT2D eigenvalue weighted by Gasteiger charge is 2.77. The summed E-state index contributed by atoms with van der Waals surface area (Å²) in [6, 6.07) is -0.365. The molecule has 8 heteroatoms. The Morgan fingerprint density at radius 2 is 1.74 bits per heavy atom. The van der Waals surface area contributed by atoms with E-state index in [1.54, 1.807) is 29.8 Å². The van der Waals surface area contributed by atoms with Crippen molar-refractivity contribution in [1.29, 1.82) is 0 Å². The van der Waals surface area contributed by atoms with Crippen LogP contribution in [0, 0.1) is 11.8 Å². The van der Waals surface area contributed by atoms with Crippen LogP contribution >= 0.6 is 11.8 Å². The number of thioether (sulfide) groups is 1. The highest BCUT2D eigenvalue weighted by molar-refractivity contribution is 8.02. The maximum Gasteiger partial charge on any atom is 0.247 e. The van der Waals surface area contributed by atoms with Gasteiger partial charge in [-0.1, -0.05) is 44.3 Å². The Balaban J connectivity index is 1.69. The highest BCUT2D eigenvalue weighted by Crippen LogP contribution is 2.71. The molecule has 1 saturated carbocycles. The van der Waals surface area contributed by atoms with Crippen molar-refractivity contribution in [3.05, 3.63) is 25.3 Å². The molecular formula is C30H47N3O4S. The molecule has 0 aromatic carbocycles. The second-order valence-corrected chi connectivity index (χ2v) is 13.9. The number of aliphatic hydroxyl groups excluding tert-OH is 1. The summed E-state index contributed by atoms with van der Waals surface area (Å²) in [5.41, 5.74) is 0. The van der Waals surface area contributed by atoms with Gasteiger partial charge in [-0.3, -0.25) is 14.4 Å². The van der Waals surface area contributed by atoms with Crippen molar-refractivity contribution >= 4 is 29.5 Å². The molecule has 0 aromatic heterocycles. The van der Waals surface area contributed by atoms with Crippen molar-refractivity contribution in [2.24, 2.45) is 11.8 Å². The minimum Gasteiger partial charge on any atom is -0.396 e. The Kier molecular flexibility index (Phi) is 9.34. The topological polar surface area (TPSA) is 81.2 Å². The standard InChI is InChI=1S/C30H47N3O4S/c1-5-18-31(4)26(35)23-24-27(36)33(20-12-7-8-13-21-34)25(30(24)17-16-29(23,3)38-30)28(37)32(19-6-2)22-14-10-9-11-15-22/h5-6,22-25,34H,1-2,7-21H2,3-4H3/t23-,24+,25?,29+,30?/m1/s1. The van der Waals surface area contributed by atoms with Gasteiger partial charge in [0.05, 0.1) is 16.6 Å². The van der Waals surface area contributed by atoms with E-state index in [0.717, 1.165) is 64.2 Å². The molecule has 1 aliphatic carbocycles. The fourth-order valence-corrected chi connectivity index (χ4v) is 10.0. The molecule has 4 fully saturated rings. The first kappa shape index (κ1) is 29.2. The van der Waals surface area contributed by atoms with Crippen molar-refractivity contribution < 1.29 is 19.5 Å². The van der Waals surface area contributed by atoms with Gasteiger partial charge in [0, 0.05) is 44.1 Å². The Labute approximate surface area is 233 Å². The number of carbonyl (C=O) groups excluding carboxylic acids is 3. The molecule has 2 unspecified atom stereocenters. The number of amides is 3. The number of hydrogen-bond acceptors (Lipinski definition) is 5. The first-order valence-corrected chi connectivity index (χ1v) is 15.5. The number of rotatable bonds is 13. The van der Waals surface area contributed by atoms with Gasteiger partial charge in [0.25, 0.3) is 0 Å². The van der Waals surface area contributed by atoms with Crippen molar-refractivity contribution in [2.75, 3.05) is 33.3 Å². The number of unbranched alkanes of at least 4 members (excludes halogenated alkanes) is 3. The van der Waals surface area contributed by atoms with E-state index in [-0.39, 0.29) is 35.1 Å². The molecule has 7 nitrogen and oxygen atoms in total. The molecule has 4 aliphatic rings. The second-order valence-electron chi connectivity index (χ2n) is 12.0. The maximum atomic E-state index is 14.6. The highest BCUT2D eigenvalue weighted by atomic mass is 32.2. The normalized spacial score (nSPS) is 32.3. The third-order valence-corrected chi connectivity index (χ3v) is 11.5.